The van der Waals surface area contributed by atoms with Crippen LogP contribution in [-0.4, -0.2) is 28.6 Å². The second-order valence-corrected chi connectivity index (χ2v) is 9.63. The molecule has 7 nitrogen and oxygen atoms in total. The number of anilines is 3. The van der Waals surface area contributed by atoms with Gasteiger partial charge in [-0.1, -0.05) is 41.0 Å². The highest BCUT2D eigenvalue weighted by atomic mass is 16.5. The molecule has 1 aliphatic heterocycles. The average Bonchev–Trinajstić information content (AvgIpc) is 2.92. The molecule has 1 aliphatic rings. The molecular formula is C30H36N2O5. The highest BCUT2D eigenvalue weighted by Gasteiger charge is 2.30. The van der Waals surface area contributed by atoms with Gasteiger partial charge in [-0.2, -0.15) is 0 Å². The highest BCUT2D eigenvalue weighted by molar-refractivity contribution is 6.15. The van der Waals surface area contributed by atoms with Gasteiger partial charge in [0.2, 0.25) is 0 Å². The van der Waals surface area contributed by atoms with E-state index in [2.05, 4.69) is 38.2 Å². The molecule has 196 valence electrons. The summed E-state index contributed by atoms with van der Waals surface area (Å²) in [5, 5.41) is 23.8. The summed E-state index contributed by atoms with van der Waals surface area (Å²) in [4.78, 5) is 26.8. The number of carbonyl (C=O) groups excluding carboxylic acids is 2. The fourth-order valence-electron chi connectivity index (χ4n) is 4.16. The lowest BCUT2D eigenvalue weighted by atomic mass is 10.1. The van der Waals surface area contributed by atoms with Gasteiger partial charge in [-0.15, -0.1) is 0 Å². The fraction of sp³-hybridized carbons (Fsp3) is 0.333. The zero-order valence-corrected chi connectivity index (χ0v) is 22.2. The van der Waals surface area contributed by atoms with Crippen LogP contribution in [0.3, 0.4) is 0 Å². The van der Waals surface area contributed by atoms with E-state index in [4.69, 9.17) is 4.74 Å². The Kier molecular flexibility index (Phi) is 9.17. The molecule has 0 atom stereocenters. The smallest absolute Gasteiger partial charge is 0.308 e. The summed E-state index contributed by atoms with van der Waals surface area (Å²) in [5.41, 5.74) is 4.95. The van der Waals surface area contributed by atoms with E-state index in [1.165, 1.54) is 35.1 Å². The number of carbonyl (C=O) groups is 2. The fourth-order valence-corrected chi connectivity index (χ4v) is 4.16. The molecule has 0 fully saturated rings. The quantitative estimate of drug-likeness (QED) is 0.110. The van der Waals surface area contributed by atoms with Crippen LogP contribution in [0.1, 0.15) is 70.7 Å². The van der Waals surface area contributed by atoms with Crippen molar-refractivity contribution < 1.29 is 24.5 Å². The van der Waals surface area contributed by atoms with Gasteiger partial charge in [0.1, 0.15) is 17.2 Å². The number of hydrogen-bond donors (Lipinski definition) is 3. The molecule has 0 radical (unpaired) electrons. The Balaban J connectivity index is 1.86. The first-order valence-corrected chi connectivity index (χ1v) is 12.5. The van der Waals surface area contributed by atoms with Crippen molar-refractivity contribution in [3.05, 3.63) is 70.8 Å². The zero-order chi connectivity index (χ0) is 27.1. The average molecular weight is 505 g/mol. The van der Waals surface area contributed by atoms with Crippen molar-refractivity contribution in [3.8, 4) is 17.2 Å². The summed E-state index contributed by atoms with van der Waals surface area (Å²) in [6.45, 7) is 9.91. The Bertz CT molecular complexity index is 1270. The number of nitrogens with one attached hydrogen (secondary N) is 1. The van der Waals surface area contributed by atoms with Crippen molar-refractivity contribution in [2.75, 3.05) is 16.8 Å². The predicted octanol–water partition coefficient (Wildman–Crippen LogP) is 7.15. The van der Waals surface area contributed by atoms with Crippen molar-refractivity contribution in [1.29, 1.82) is 0 Å². The van der Waals surface area contributed by atoms with Crippen molar-refractivity contribution in [2.24, 2.45) is 0 Å². The molecule has 0 spiro atoms. The number of phenols is 2. The van der Waals surface area contributed by atoms with E-state index in [0.29, 0.717) is 5.69 Å². The van der Waals surface area contributed by atoms with Gasteiger partial charge < -0.3 is 25.2 Å². The molecule has 0 aromatic heterocycles. The molecule has 0 unspecified atom stereocenters. The minimum Gasteiger partial charge on any atom is -0.508 e. The third-order valence-electron chi connectivity index (χ3n) is 6.12. The molecule has 7 heteroatoms. The van der Waals surface area contributed by atoms with Crippen LogP contribution < -0.4 is 15.0 Å². The number of benzene rings is 2. The summed E-state index contributed by atoms with van der Waals surface area (Å²) in [6, 6.07) is 7.47. The lowest BCUT2D eigenvalue weighted by Gasteiger charge is -2.22. The van der Waals surface area contributed by atoms with E-state index in [1.807, 2.05) is 13.0 Å². The number of allylic oxidation sites excluding steroid dienone is 5. The third-order valence-corrected chi connectivity index (χ3v) is 6.12. The van der Waals surface area contributed by atoms with E-state index in [-0.39, 0.29) is 46.6 Å². The van der Waals surface area contributed by atoms with Gasteiger partial charge in [0, 0.05) is 25.6 Å². The van der Waals surface area contributed by atoms with Gasteiger partial charge in [0.25, 0.3) is 5.91 Å². The lowest BCUT2D eigenvalue weighted by Crippen LogP contribution is -2.30. The number of esters is 1. The second kappa shape index (κ2) is 12.3. The number of fused-ring (bicyclic) bond motifs is 2. The van der Waals surface area contributed by atoms with Crippen molar-refractivity contribution in [3.63, 3.8) is 0 Å². The molecule has 0 saturated heterocycles. The first-order valence-electron chi connectivity index (χ1n) is 12.5. The minimum absolute atomic E-state index is 0.170. The van der Waals surface area contributed by atoms with Crippen LogP contribution >= 0.6 is 0 Å². The molecule has 2 aromatic rings. The van der Waals surface area contributed by atoms with Crippen LogP contribution in [0.2, 0.25) is 0 Å². The molecule has 2 aromatic carbocycles. The summed E-state index contributed by atoms with van der Waals surface area (Å²) in [5.74, 6) is -1.10. The van der Waals surface area contributed by atoms with Crippen molar-refractivity contribution >= 4 is 28.9 Å². The molecule has 1 amide bonds. The van der Waals surface area contributed by atoms with Crippen molar-refractivity contribution in [1.82, 2.24) is 0 Å². The second-order valence-electron chi connectivity index (χ2n) is 9.63. The van der Waals surface area contributed by atoms with E-state index < -0.39 is 5.97 Å². The molecule has 1 heterocycles. The molecule has 0 bridgehead atoms. The van der Waals surface area contributed by atoms with Crippen LogP contribution in [-0.2, 0) is 4.79 Å². The topological polar surface area (TPSA) is 99.1 Å². The highest BCUT2D eigenvalue weighted by Crippen LogP contribution is 2.46. The summed E-state index contributed by atoms with van der Waals surface area (Å²) >= 11 is 0. The first-order chi connectivity index (χ1) is 17.6. The summed E-state index contributed by atoms with van der Waals surface area (Å²) in [6.07, 6.45) is 10.3. The summed E-state index contributed by atoms with van der Waals surface area (Å²) in [7, 11) is 0. The Labute approximate surface area is 218 Å². The number of hydrogen-bond acceptors (Lipinski definition) is 6. The van der Waals surface area contributed by atoms with E-state index >= 15 is 0 Å². The predicted molar refractivity (Wildman–Crippen MR) is 148 cm³/mol. The van der Waals surface area contributed by atoms with E-state index in [1.54, 1.807) is 18.2 Å². The molecule has 37 heavy (non-hydrogen) atoms. The normalized spacial score (nSPS) is 13.3. The van der Waals surface area contributed by atoms with Gasteiger partial charge in [-0.25, -0.2) is 0 Å². The Hall–Kier alpha value is -4.00. The van der Waals surface area contributed by atoms with Gasteiger partial charge in [0.15, 0.2) is 5.75 Å². The van der Waals surface area contributed by atoms with Crippen LogP contribution in [0.25, 0.3) is 0 Å². The standard InChI is InChI=1S/C30H36N2O5/c1-19(2)9-6-10-20(3)11-7-12-21(4)15-16-32-25-17-23(34)18-26(35)29(25)31-28-24(30(32)36)13-8-14-27(28)37-22(5)33/h8-9,11,13-15,17-18,31,34-35H,6-7,10,12,16H2,1-5H3/b20-11+,21-15+. The number of aromatic hydroxyl groups is 2. The number of ether oxygens (including phenoxy) is 1. The Morgan fingerprint density at radius 1 is 0.946 bits per heavy atom. The molecule has 0 saturated carbocycles. The summed E-state index contributed by atoms with van der Waals surface area (Å²) < 4.78 is 5.30. The van der Waals surface area contributed by atoms with Crippen LogP contribution in [0.5, 0.6) is 17.2 Å². The van der Waals surface area contributed by atoms with Crippen LogP contribution in [0.4, 0.5) is 17.1 Å². The van der Waals surface area contributed by atoms with Crippen LogP contribution in [0, 0.1) is 0 Å². The van der Waals surface area contributed by atoms with E-state index in [9.17, 15) is 19.8 Å². The van der Waals surface area contributed by atoms with Crippen LogP contribution in [0.15, 0.2) is 65.3 Å². The molecule has 3 rings (SSSR count). The molecule has 3 N–H and O–H groups in total. The Morgan fingerprint density at radius 2 is 1.62 bits per heavy atom. The maximum Gasteiger partial charge on any atom is 0.308 e. The minimum atomic E-state index is -0.529. The number of rotatable bonds is 9. The number of para-hydroxylation sites is 1. The van der Waals surface area contributed by atoms with Gasteiger partial charge in [0.05, 0.1) is 16.9 Å². The zero-order valence-electron chi connectivity index (χ0n) is 22.2. The lowest BCUT2D eigenvalue weighted by molar-refractivity contribution is -0.131. The molecular weight excluding hydrogens is 468 g/mol. The molecule has 0 aliphatic carbocycles. The SMILES string of the molecule is CC(=O)Oc1cccc2c1Nc1c(O)cc(O)cc1N(C/C=C(\C)CC/C=C(\C)CCC=C(C)C)C2=O. The number of nitrogens with zero attached hydrogens (tertiary/aromatic N) is 1. The number of amides is 1. The largest absolute Gasteiger partial charge is 0.508 e. The number of phenolic OH excluding ortho intramolecular Hbond substituents is 2. The van der Waals surface area contributed by atoms with E-state index in [0.717, 1.165) is 31.3 Å². The maximum atomic E-state index is 13.7. The first kappa shape index (κ1) is 27.6. The van der Waals surface area contributed by atoms with Gasteiger partial charge >= 0.3 is 5.97 Å². The maximum absolute atomic E-state index is 13.7. The monoisotopic (exact) mass is 504 g/mol. The van der Waals surface area contributed by atoms with Gasteiger partial charge in [-0.05, 0) is 65.5 Å². The van der Waals surface area contributed by atoms with Gasteiger partial charge in [-0.3, -0.25) is 9.59 Å². The van der Waals surface area contributed by atoms with Crippen molar-refractivity contribution in [2.45, 2.75) is 60.3 Å². The Morgan fingerprint density at radius 3 is 2.30 bits per heavy atom. The third kappa shape index (κ3) is 7.26.